The lowest BCUT2D eigenvalue weighted by molar-refractivity contribution is -0.136. The van der Waals surface area contributed by atoms with Gasteiger partial charge in [-0.25, -0.2) is 4.39 Å². The number of hydrogen-bond acceptors (Lipinski definition) is 3. The van der Waals surface area contributed by atoms with E-state index in [1.165, 1.54) is 17.8 Å². The molecule has 1 saturated heterocycles. The Morgan fingerprint density at radius 2 is 1.81 bits per heavy atom. The summed E-state index contributed by atoms with van der Waals surface area (Å²) in [4.78, 5) is 28.7. The number of rotatable bonds is 5. The molecule has 4 nitrogen and oxygen atoms in total. The Hall–Kier alpha value is -2.05. The molecule has 2 amide bonds. The number of nitrogens with zero attached hydrogens (tertiary/aromatic N) is 1. The summed E-state index contributed by atoms with van der Waals surface area (Å²) in [5.74, 6) is -0.648. The molecule has 0 aromatic heterocycles. The van der Waals surface area contributed by atoms with Gasteiger partial charge in [0.2, 0.25) is 5.91 Å². The Kier molecular flexibility index (Phi) is 7.18. The minimum Gasteiger partial charge on any atom is -0.349 e. The van der Waals surface area contributed by atoms with Gasteiger partial charge in [0, 0.05) is 39.9 Å². The third-order valence-corrected chi connectivity index (χ3v) is 7.40. The van der Waals surface area contributed by atoms with E-state index in [4.69, 9.17) is 11.6 Å². The molecule has 0 bridgehead atoms. The molecule has 0 unspecified atom stereocenters. The molecule has 1 aliphatic carbocycles. The van der Waals surface area contributed by atoms with Gasteiger partial charge >= 0.3 is 0 Å². The van der Waals surface area contributed by atoms with Crippen molar-refractivity contribution in [2.75, 3.05) is 6.54 Å². The van der Waals surface area contributed by atoms with Crippen molar-refractivity contribution in [1.29, 1.82) is 0 Å². The maximum Gasteiger partial charge on any atom is 0.255 e. The van der Waals surface area contributed by atoms with Gasteiger partial charge in [0.05, 0.1) is 5.56 Å². The third-order valence-electron chi connectivity index (χ3n) is 6.08. The van der Waals surface area contributed by atoms with Crippen LogP contribution in [0.1, 0.15) is 55.3 Å². The fourth-order valence-electron chi connectivity index (χ4n) is 4.44. The molecule has 1 N–H and O–H groups in total. The number of carbonyl (C=O) groups is 2. The smallest absolute Gasteiger partial charge is 0.255 e. The minimum absolute atomic E-state index is 0.00312. The van der Waals surface area contributed by atoms with E-state index in [2.05, 4.69) is 5.32 Å². The topological polar surface area (TPSA) is 49.4 Å². The van der Waals surface area contributed by atoms with Gasteiger partial charge in [0.15, 0.2) is 0 Å². The quantitative estimate of drug-likeness (QED) is 0.624. The molecular weight excluding hydrogens is 435 g/mol. The summed E-state index contributed by atoms with van der Waals surface area (Å²) in [6, 6.07) is 12.2. The van der Waals surface area contributed by atoms with Crippen molar-refractivity contribution in [1.82, 2.24) is 10.2 Å². The van der Waals surface area contributed by atoms with Gasteiger partial charge in [-0.15, -0.1) is 0 Å². The number of piperidine rings is 1. The number of hydrogen-bond donors (Lipinski definition) is 1. The molecule has 7 heteroatoms. The molecule has 0 spiro atoms. The Bertz CT molecular complexity index is 945. The molecule has 1 aliphatic heterocycles. The standard InChI is InChI=1S/C24H26ClFN2O2S/c25-16-7-13-19(14-8-16)31-21-5-3-4-20(26)23(21)24(30)27-17-9-11-18(12-10-17)28-15-2-1-6-22(28)29/h3-5,7-8,13-14,17-18H,1-2,6,9-12,15H2,(H,27,30). The van der Waals surface area contributed by atoms with Crippen LogP contribution in [0.4, 0.5) is 4.39 Å². The summed E-state index contributed by atoms with van der Waals surface area (Å²) in [6.07, 6.45) is 6.06. The summed E-state index contributed by atoms with van der Waals surface area (Å²) in [6.45, 7) is 0.848. The molecule has 164 valence electrons. The Balaban J connectivity index is 1.40. The van der Waals surface area contributed by atoms with E-state index in [9.17, 15) is 14.0 Å². The van der Waals surface area contributed by atoms with E-state index >= 15 is 0 Å². The summed E-state index contributed by atoms with van der Waals surface area (Å²) >= 11 is 7.29. The zero-order valence-corrected chi connectivity index (χ0v) is 18.9. The predicted molar refractivity (Wildman–Crippen MR) is 121 cm³/mol. The fourth-order valence-corrected chi connectivity index (χ4v) is 5.53. The lowest BCUT2D eigenvalue weighted by atomic mass is 9.89. The molecular formula is C24H26ClFN2O2S. The highest BCUT2D eigenvalue weighted by molar-refractivity contribution is 7.99. The zero-order chi connectivity index (χ0) is 21.8. The van der Waals surface area contributed by atoms with Crippen LogP contribution >= 0.6 is 23.4 Å². The second-order valence-corrected chi connectivity index (χ2v) is 9.74. The van der Waals surface area contributed by atoms with Crippen molar-refractivity contribution >= 4 is 35.2 Å². The first-order valence-electron chi connectivity index (χ1n) is 10.8. The maximum atomic E-state index is 14.6. The van der Waals surface area contributed by atoms with Crippen molar-refractivity contribution in [2.45, 2.75) is 66.8 Å². The van der Waals surface area contributed by atoms with E-state index in [-0.39, 0.29) is 29.5 Å². The molecule has 31 heavy (non-hydrogen) atoms. The highest BCUT2D eigenvalue weighted by atomic mass is 35.5. The van der Waals surface area contributed by atoms with Crippen LogP contribution in [-0.4, -0.2) is 35.3 Å². The number of carbonyl (C=O) groups excluding carboxylic acids is 2. The summed E-state index contributed by atoms with van der Waals surface area (Å²) in [5, 5.41) is 3.66. The van der Waals surface area contributed by atoms with E-state index in [1.54, 1.807) is 24.3 Å². The van der Waals surface area contributed by atoms with Crippen LogP contribution in [0, 0.1) is 5.82 Å². The first-order chi connectivity index (χ1) is 15.0. The normalized spacial score (nSPS) is 21.7. The minimum atomic E-state index is -0.524. The average molecular weight is 461 g/mol. The van der Waals surface area contributed by atoms with E-state index < -0.39 is 5.82 Å². The van der Waals surface area contributed by atoms with Crippen LogP contribution in [0.3, 0.4) is 0 Å². The first kappa shape index (κ1) is 22.2. The fraction of sp³-hybridized carbons (Fsp3) is 0.417. The zero-order valence-electron chi connectivity index (χ0n) is 17.3. The lowest BCUT2D eigenvalue weighted by Gasteiger charge is -2.39. The molecule has 1 saturated carbocycles. The van der Waals surface area contributed by atoms with Crippen molar-refractivity contribution in [3.8, 4) is 0 Å². The van der Waals surface area contributed by atoms with Gasteiger partial charge in [-0.2, -0.15) is 0 Å². The number of likely N-dealkylation sites (tertiary alicyclic amines) is 1. The largest absolute Gasteiger partial charge is 0.349 e. The van der Waals surface area contributed by atoms with Gasteiger partial charge in [-0.1, -0.05) is 29.4 Å². The summed E-state index contributed by atoms with van der Waals surface area (Å²) < 4.78 is 14.6. The number of benzene rings is 2. The number of amides is 2. The molecule has 0 radical (unpaired) electrons. The van der Waals surface area contributed by atoms with Gasteiger partial charge in [-0.3, -0.25) is 9.59 Å². The monoisotopic (exact) mass is 460 g/mol. The number of nitrogens with one attached hydrogen (secondary N) is 1. The van der Waals surface area contributed by atoms with Crippen molar-refractivity contribution in [3.63, 3.8) is 0 Å². The van der Waals surface area contributed by atoms with Crippen LogP contribution in [-0.2, 0) is 4.79 Å². The van der Waals surface area contributed by atoms with Gasteiger partial charge in [0.25, 0.3) is 5.91 Å². The van der Waals surface area contributed by atoms with E-state index in [0.717, 1.165) is 50.0 Å². The highest BCUT2D eigenvalue weighted by Crippen LogP contribution is 2.33. The molecule has 2 aromatic rings. The number of halogens is 2. The second kappa shape index (κ2) is 10.0. The summed E-state index contributed by atoms with van der Waals surface area (Å²) in [7, 11) is 0. The van der Waals surface area contributed by atoms with Crippen molar-refractivity contribution in [2.24, 2.45) is 0 Å². The van der Waals surface area contributed by atoms with Crippen molar-refractivity contribution in [3.05, 3.63) is 58.9 Å². The van der Waals surface area contributed by atoms with E-state index in [0.29, 0.717) is 16.3 Å². The van der Waals surface area contributed by atoms with Crippen LogP contribution in [0.5, 0.6) is 0 Å². The van der Waals surface area contributed by atoms with Gasteiger partial charge in [0.1, 0.15) is 5.82 Å². The Labute approximate surface area is 191 Å². The van der Waals surface area contributed by atoms with Crippen LogP contribution in [0.2, 0.25) is 5.02 Å². The first-order valence-corrected chi connectivity index (χ1v) is 12.0. The molecule has 4 rings (SSSR count). The molecule has 2 aliphatic rings. The Morgan fingerprint density at radius 1 is 1.06 bits per heavy atom. The average Bonchev–Trinajstić information content (AvgIpc) is 2.76. The van der Waals surface area contributed by atoms with Crippen LogP contribution in [0.25, 0.3) is 0 Å². The lowest BCUT2D eigenvalue weighted by Crippen LogP contribution is -2.47. The molecule has 2 fully saturated rings. The van der Waals surface area contributed by atoms with E-state index in [1.807, 2.05) is 17.0 Å². The molecule has 2 aromatic carbocycles. The van der Waals surface area contributed by atoms with Crippen LogP contribution in [0.15, 0.2) is 52.3 Å². The van der Waals surface area contributed by atoms with Crippen molar-refractivity contribution < 1.29 is 14.0 Å². The van der Waals surface area contributed by atoms with Gasteiger partial charge < -0.3 is 10.2 Å². The maximum absolute atomic E-state index is 14.6. The third kappa shape index (κ3) is 5.42. The predicted octanol–water partition coefficient (Wildman–Crippen LogP) is 5.68. The summed E-state index contributed by atoms with van der Waals surface area (Å²) in [5.41, 5.74) is 0.0794. The highest BCUT2D eigenvalue weighted by Gasteiger charge is 2.31. The molecule has 1 heterocycles. The second-order valence-electron chi connectivity index (χ2n) is 8.19. The molecule has 0 atom stereocenters. The SMILES string of the molecule is O=C(NC1CCC(N2CCCCC2=O)CC1)c1c(F)cccc1Sc1ccc(Cl)cc1. The van der Waals surface area contributed by atoms with Crippen LogP contribution < -0.4 is 5.32 Å². The van der Waals surface area contributed by atoms with Gasteiger partial charge in [-0.05, 0) is 74.9 Å². The Morgan fingerprint density at radius 3 is 2.52 bits per heavy atom.